The van der Waals surface area contributed by atoms with Crippen molar-refractivity contribution in [1.82, 2.24) is 0 Å². The lowest BCUT2D eigenvalue weighted by Gasteiger charge is -2.18. The van der Waals surface area contributed by atoms with Crippen molar-refractivity contribution in [2.45, 2.75) is 24.9 Å². The molecule has 0 radical (unpaired) electrons. The highest BCUT2D eigenvalue weighted by atomic mass is 19.3. The lowest BCUT2D eigenvalue weighted by atomic mass is 10.1. The summed E-state index contributed by atoms with van der Waals surface area (Å²) in [5.74, 6) is -3.64. The van der Waals surface area contributed by atoms with Gasteiger partial charge in [-0.2, -0.15) is 0 Å². The van der Waals surface area contributed by atoms with Gasteiger partial charge in [0.2, 0.25) is 0 Å². The molecule has 0 aliphatic heterocycles. The van der Waals surface area contributed by atoms with E-state index in [0.717, 1.165) is 0 Å². The van der Waals surface area contributed by atoms with Gasteiger partial charge in [-0.05, 0) is 6.42 Å². The van der Waals surface area contributed by atoms with E-state index in [1.165, 1.54) is 0 Å². The predicted molar refractivity (Wildman–Crippen MR) is 46.1 cm³/mol. The molecule has 0 heterocycles. The normalized spacial score (nSPS) is 14.0. The van der Waals surface area contributed by atoms with Gasteiger partial charge < -0.3 is 4.74 Å². The Bertz CT molecular complexity index is 161. The van der Waals surface area contributed by atoms with E-state index in [1.807, 2.05) is 0 Å². The summed E-state index contributed by atoms with van der Waals surface area (Å²) in [6.45, 7) is 1.74. The van der Waals surface area contributed by atoms with Gasteiger partial charge in [0, 0.05) is 13.0 Å². The second-order valence-corrected chi connectivity index (χ2v) is 2.82. The highest BCUT2D eigenvalue weighted by Gasteiger charge is 2.39. The summed E-state index contributed by atoms with van der Waals surface area (Å²) in [4.78, 5) is 0. The SMILES string of the molecule is C=CCCOCCC(F)(F)[C@H](F)CF. The molecule has 1 nitrogen and oxygen atoms in total. The molecule has 5 heteroatoms. The predicted octanol–water partition coefficient (Wildman–Crippen LogP) is 2.91. The van der Waals surface area contributed by atoms with Crippen molar-refractivity contribution < 1.29 is 22.3 Å². The first-order chi connectivity index (χ1) is 6.54. The van der Waals surface area contributed by atoms with Gasteiger partial charge in [-0.25, -0.2) is 17.6 Å². The van der Waals surface area contributed by atoms with Crippen molar-refractivity contribution in [3.63, 3.8) is 0 Å². The monoisotopic (exact) mass is 214 g/mol. The summed E-state index contributed by atoms with van der Waals surface area (Å²) < 4.78 is 53.9. The van der Waals surface area contributed by atoms with E-state index in [2.05, 4.69) is 6.58 Å². The van der Waals surface area contributed by atoms with Crippen molar-refractivity contribution in [3.05, 3.63) is 12.7 Å². The molecule has 0 N–H and O–H groups in total. The van der Waals surface area contributed by atoms with Crippen LogP contribution in [0.5, 0.6) is 0 Å². The summed E-state index contributed by atoms with van der Waals surface area (Å²) >= 11 is 0. The Morgan fingerprint density at radius 3 is 2.50 bits per heavy atom. The Hall–Kier alpha value is -0.580. The van der Waals surface area contributed by atoms with Crippen LogP contribution >= 0.6 is 0 Å². The van der Waals surface area contributed by atoms with Gasteiger partial charge in [0.05, 0.1) is 6.61 Å². The Morgan fingerprint density at radius 2 is 2.00 bits per heavy atom. The fourth-order valence-electron chi connectivity index (χ4n) is 0.746. The van der Waals surface area contributed by atoms with Crippen LogP contribution in [-0.2, 0) is 4.74 Å². The van der Waals surface area contributed by atoms with Crippen LogP contribution in [0, 0.1) is 0 Å². The topological polar surface area (TPSA) is 9.23 Å². The van der Waals surface area contributed by atoms with Crippen LogP contribution in [0.15, 0.2) is 12.7 Å². The van der Waals surface area contributed by atoms with E-state index in [-0.39, 0.29) is 13.2 Å². The van der Waals surface area contributed by atoms with E-state index in [4.69, 9.17) is 4.74 Å². The molecule has 0 aromatic carbocycles. The maximum Gasteiger partial charge on any atom is 0.283 e. The van der Waals surface area contributed by atoms with E-state index in [0.29, 0.717) is 6.42 Å². The summed E-state index contributed by atoms with van der Waals surface area (Å²) in [6, 6.07) is 0. The van der Waals surface area contributed by atoms with Gasteiger partial charge in [0.1, 0.15) is 6.67 Å². The van der Waals surface area contributed by atoms with E-state index in [9.17, 15) is 17.6 Å². The number of hydrogen-bond acceptors (Lipinski definition) is 1. The third kappa shape index (κ3) is 5.21. The number of rotatable bonds is 8. The maximum absolute atomic E-state index is 12.6. The molecule has 1 atom stereocenters. The third-order valence-electron chi connectivity index (χ3n) is 1.64. The summed E-state index contributed by atoms with van der Waals surface area (Å²) in [7, 11) is 0. The molecule has 0 fully saturated rings. The zero-order valence-electron chi connectivity index (χ0n) is 7.82. The summed E-state index contributed by atoms with van der Waals surface area (Å²) in [5.41, 5.74) is 0. The van der Waals surface area contributed by atoms with Crippen LogP contribution in [0.3, 0.4) is 0 Å². The highest BCUT2D eigenvalue weighted by molar-refractivity contribution is 4.76. The van der Waals surface area contributed by atoms with Crippen LogP contribution in [0.2, 0.25) is 0 Å². The number of hydrogen-bond donors (Lipinski definition) is 0. The number of halogens is 4. The van der Waals surface area contributed by atoms with Crippen LogP contribution in [-0.4, -0.2) is 32.0 Å². The second-order valence-electron chi connectivity index (χ2n) is 2.82. The van der Waals surface area contributed by atoms with Crippen molar-refractivity contribution in [2.75, 3.05) is 19.9 Å². The van der Waals surface area contributed by atoms with E-state index >= 15 is 0 Å². The van der Waals surface area contributed by atoms with Gasteiger partial charge in [-0.3, -0.25) is 0 Å². The molecule has 0 amide bonds. The first-order valence-electron chi connectivity index (χ1n) is 4.31. The molecule has 0 aliphatic carbocycles. The van der Waals surface area contributed by atoms with E-state index < -0.39 is 25.2 Å². The van der Waals surface area contributed by atoms with Crippen molar-refractivity contribution in [2.24, 2.45) is 0 Å². The highest BCUT2D eigenvalue weighted by Crippen LogP contribution is 2.25. The molecular weight excluding hydrogens is 200 g/mol. The van der Waals surface area contributed by atoms with Crippen molar-refractivity contribution >= 4 is 0 Å². The quantitative estimate of drug-likeness (QED) is 0.343. The molecule has 0 aliphatic rings. The van der Waals surface area contributed by atoms with Gasteiger partial charge >= 0.3 is 0 Å². The zero-order valence-corrected chi connectivity index (χ0v) is 7.82. The minimum Gasteiger partial charge on any atom is -0.381 e. The molecule has 14 heavy (non-hydrogen) atoms. The first-order valence-corrected chi connectivity index (χ1v) is 4.31. The Balaban J connectivity index is 3.59. The lowest BCUT2D eigenvalue weighted by molar-refractivity contribution is -0.0979. The van der Waals surface area contributed by atoms with Crippen LogP contribution in [0.4, 0.5) is 17.6 Å². The maximum atomic E-state index is 12.6. The molecule has 0 aromatic heterocycles. The largest absolute Gasteiger partial charge is 0.381 e. The molecule has 0 rings (SSSR count). The molecule has 0 spiro atoms. The molecule has 0 bridgehead atoms. The minimum absolute atomic E-state index is 0.270. The van der Waals surface area contributed by atoms with Gasteiger partial charge in [-0.15, -0.1) is 6.58 Å². The lowest BCUT2D eigenvalue weighted by Crippen LogP contribution is -2.33. The van der Waals surface area contributed by atoms with E-state index in [1.54, 1.807) is 6.08 Å². The van der Waals surface area contributed by atoms with Crippen LogP contribution < -0.4 is 0 Å². The molecule has 0 aromatic rings. The van der Waals surface area contributed by atoms with Gasteiger partial charge in [0.15, 0.2) is 6.17 Å². The molecule has 0 saturated carbocycles. The Kier molecular flexibility index (Phi) is 6.53. The first kappa shape index (κ1) is 13.4. The molecular formula is C9H14F4O. The fraction of sp³-hybridized carbons (Fsp3) is 0.778. The third-order valence-corrected chi connectivity index (χ3v) is 1.64. The standard InChI is InChI=1S/C9H14F4O/c1-2-3-5-14-6-4-9(12,13)8(11)7-10/h2,8H,1,3-7H2/t8-/m1/s1. The second kappa shape index (κ2) is 6.81. The minimum atomic E-state index is -3.64. The van der Waals surface area contributed by atoms with Crippen LogP contribution in [0.25, 0.3) is 0 Å². The Labute approximate surface area is 80.7 Å². The molecule has 0 unspecified atom stereocenters. The molecule has 0 saturated heterocycles. The summed E-state index contributed by atoms with van der Waals surface area (Å²) in [6.07, 6.45) is -1.40. The summed E-state index contributed by atoms with van der Waals surface area (Å²) in [5, 5.41) is 0. The Morgan fingerprint density at radius 1 is 1.36 bits per heavy atom. The average molecular weight is 214 g/mol. The number of ether oxygens (including phenoxy) is 1. The van der Waals surface area contributed by atoms with Gasteiger partial charge in [-0.1, -0.05) is 6.08 Å². The smallest absolute Gasteiger partial charge is 0.283 e. The van der Waals surface area contributed by atoms with Crippen molar-refractivity contribution in [1.29, 1.82) is 0 Å². The average Bonchev–Trinajstić information content (AvgIpc) is 2.16. The number of alkyl halides is 4. The van der Waals surface area contributed by atoms with Gasteiger partial charge in [0.25, 0.3) is 5.92 Å². The fourth-order valence-corrected chi connectivity index (χ4v) is 0.746. The van der Waals surface area contributed by atoms with Crippen molar-refractivity contribution in [3.8, 4) is 0 Å². The zero-order chi connectivity index (χ0) is 11.0. The molecule has 84 valence electrons. The van der Waals surface area contributed by atoms with Crippen LogP contribution in [0.1, 0.15) is 12.8 Å².